The van der Waals surface area contributed by atoms with Crippen molar-refractivity contribution in [1.29, 1.82) is 0 Å². The fourth-order valence-electron chi connectivity index (χ4n) is 3.51. The first-order valence-corrected chi connectivity index (χ1v) is 9.07. The van der Waals surface area contributed by atoms with E-state index in [9.17, 15) is 4.79 Å². The number of hydrogen-bond donors (Lipinski definition) is 1. The van der Waals surface area contributed by atoms with Crippen molar-refractivity contribution in [3.05, 3.63) is 53.6 Å². The Morgan fingerprint density at radius 1 is 0.963 bits per heavy atom. The Morgan fingerprint density at radius 2 is 1.59 bits per heavy atom. The van der Waals surface area contributed by atoms with Gasteiger partial charge in [-0.1, -0.05) is 6.07 Å². The number of rotatable bonds is 6. The lowest BCUT2D eigenvalue weighted by atomic mass is 10.0. The summed E-state index contributed by atoms with van der Waals surface area (Å²) in [7, 11) is 3.30. The van der Waals surface area contributed by atoms with E-state index in [1.54, 1.807) is 26.4 Å². The molecule has 1 saturated heterocycles. The summed E-state index contributed by atoms with van der Waals surface area (Å²) in [5.74, 6) is 0.595. The maximum atomic E-state index is 11.0. The number of nitrogens with zero attached hydrogens (tertiary/aromatic N) is 2. The molecule has 6 nitrogen and oxygen atoms in total. The highest BCUT2D eigenvalue weighted by Gasteiger charge is 2.23. The smallest absolute Gasteiger partial charge is 0.335 e. The van der Waals surface area contributed by atoms with Gasteiger partial charge in [0.25, 0.3) is 0 Å². The van der Waals surface area contributed by atoms with Crippen LogP contribution in [0.15, 0.2) is 42.5 Å². The van der Waals surface area contributed by atoms with Crippen molar-refractivity contribution in [2.75, 3.05) is 45.3 Å². The zero-order valence-corrected chi connectivity index (χ0v) is 16.0. The van der Waals surface area contributed by atoms with Crippen LogP contribution >= 0.6 is 0 Å². The van der Waals surface area contributed by atoms with Crippen molar-refractivity contribution in [3.8, 4) is 11.5 Å². The van der Waals surface area contributed by atoms with E-state index in [0.717, 1.165) is 43.4 Å². The van der Waals surface area contributed by atoms with E-state index in [1.165, 1.54) is 5.56 Å². The van der Waals surface area contributed by atoms with Gasteiger partial charge in [-0.15, -0.1) is 0 Å². The summed E-state index contributed by atoms with van der Waals surface area (Å²) in [4.78, 5) is 15.7. The van der Waals surface area contributed by atoms with Gasteiger partial charge in [0, 0.05) is 37.9 Å². The number of benzene rings is 2. The number of anilines is 1. The van der Waals surface area contributed by atoms with Crippen molar-refractivity contribution < 1.29 is 19.4 Å². The molecule has 0 spiro atoms. The third-order valence-electron chi connectivity index (χ3n) is 5.23. The Hall–Kier alpha value is -2.73. The normalized spacial score (nSPS) is 16.0. The Kier molecular flexibility index (Phi) is 5.86. The molecule has 0 radical (unpaired) electrons. The molecule has 2 aromatic carbocycles. The number of aromatic carboxylic acids is 1. The second kappa shape index (κ2) is 8.31. The minimum absolute atomic E-state index is 0.279. The van der Waals surface area contributed by atoms with Crippen molar-refractivity contribution in [3.63, 3.8) is 0 Å². The van der Waals surface area contributed by atoms with Gasteiger partial charge in [-0.05, 0) is 48.9 Å². The Labute approximate surface area is 159 Å². The zero-order valence-electron chi connectivity index (χ0n) is 16.0. The molecule has 1 heterocycles. The summed E-state index contributed by atoms with van der Waals surface area (Å²) >= 11 is 0. The maximum Gasteiger partial charge on any atom is 0.335 e. The van der Waals surface area contributed by atoms with Crippen LogP contribution < -0.4 is 14.4 Å². The van der Waals surface area contributed by atoms with E-state index in [4.69, 9.17) is 14.6 Å². The molecule has 0 bridgehead atoms. The van der Waals surface area contributed by atoms with Crippen LogP contribution in [0.3, 0.4) is 0 Å². The third kappa shape index (κ3) is 4.17. The molecule has 1 fully saturated rings. The third-order valence-corrected chi connectivity index (χ3v) is 5.23. The van der Waals surface area contributed by atoms with Crippen LogP contribution in [0.2, 0.25) is 0 Å². The first-order chi connectivity index (χ1) is 13.0. The average molecular weight is 370 g/mol. The van der Waals surface area contributed by atoms with Crippen molar-refractivity contribution in [2.45, 2.75) is 13.0 Å². The van der Waals surface area contributed by atoms with E-state index in [1.807, 2.05) is 24.3 Å². The maximum absolute atomic E-state index is 11.0. The van der Waals surface area contributed by atoms with Gasteiger partial charge in [-0.2, -0.15) is 0 Å². The van der Waals surface area contributed by atoms with Crippen LogP contribution in [-0.4, -0.2) is 56.4 Å². The highest BCUT2D eigenvalue weighted by atomic mass is 16.5. The molecule has 0 aliphatic carbocycles. The van der Waals surface area contributed by atoms with Gasteiger partial charge in [-0.25, -0.2) is 4.79 Å². The van der Waals surface area contributed by atoms with E-state index < -0.39 is 5.97 Å². The fraction of sp³-hybridized carbons (Fsp3) is 0.381. The molecule has 6 heteroatoms. The second-order valence-electron chi connectivity index (χ2n) is 6.67. The predicted molar refractivity (Wildman–Crippen MR) is 105 cm³/mol. The van der Waals surface area contributed by atoms with Crippen LogP contribution in [0.5, 0.6) is 11.5 Å². The number of carboxylic acids is 1. The quantitative estimate of drug-likeness (QED) is 0.842. The molecule has 3 rings (SSSR count). The predicted octanol–water partition coefficient (Wildman–Crippen LogP) is 3.29. The molecule has 1 aliphatic heterocycles. The molecule has 1 N–H and O–H groups in total. The summed E-state index contributed by atoms with van der Waals surface area (Å²) in [6, 6.07) is 13.5. The Balaban J connectivity index is 1.64. The molecule has 0 aromatic heterocycles. The standard InChI is InChI=1S/C21H26N2O4/c1-15(17-6-9-19(26-2)20(14-17)27-3)22-10-12-23(13-11-22)18-7-4-16(5-8-18)21(24)25/h4-9,14-15H,10-13H2,1-3H3,(H,24,25). The first kappa shape index (κ1) is 19.0. The zero-order chi connectivity index (χ0) is 19.4. The number of hydrogen-bond acceptors (Lipinski definition) is 5. The first-order valence-electron chi connectivity index (χ1n) is 9.07. The van der Waals surface area contributed by atoms with Gasteiger partial charge < -0.3 is 19.5 Å². The van der Waals surface area contributed by atoms with Gasteiger partial charge >= 0.3 is 5.97 Å². The molecule has 144 valence electrons. The lowest BCUT2D eigenvalue weighted by molar-refractivity contribution is 0.0697. The highest BCUT2D eigenvalue weighted by Crippen LogP contribution is 2.32. The second-order valence-corrected chi connectivity index (χ2v) is 6.67. The molecule has 0 amide bonds. The minimum Gasteiger partial charge on any atom is -0.493 e. The molecule has 2 aromatic rings. The van der Waals surface area contributed by atoms with Crippen LogP contribution in [-0.2, 0) is 0 Å². The summed E-state index contributed by atoms with van der Waals surface area (Å²) in [6.07, 6.45) is 0. The van der Waals surface area contributed by atoms with E-state index in [-0.39, 0.29) is 6.04 Å². The van der Waals surface area contributed by atoms with Crippen LogP contribution in [0.1, 0.15) is 28.9 Å². The number of ether oxygens (including phenoxy) is 2. The highest BCUT2D eigenvalue weighted by molar-refractivity contribution is 5.88. The van der Waals surface area contributed by atoms with Crippen molar-refractivity contribution in [2.24, 2.45) is 0 Å². The van der Waals surface area contributed by atoms with E-state index in [0.29, 0.717) is 5.56 Å². The molecule has 1 aliphatic rings. The van der Waals surface area contributed by atoms with Crippen LogP contribution in [0.4, 0.5) is 5.69 Å². The minimum atomic E-state index is -0.893. The topological polar surface area (TPSA) is 62.2 Å². The largest absolute Gasteiger partial charge is 0.493 e. The Bertz CT molecular complexity index is 783. The SMILES string of the molecule is COc1ccc(C(C)N2CCN(c3ccc(C(=O)O)cc3)CC2)cc1OC. The monoisotopic (exact) mass is 370 g/mol. The molecule has 0 saturated carbocycles. The van der Waals surface area contributed by atoms with Gasteiger partial charge in [0.1, 0.15) is 0 Å². The Morgan fingerprint density at radius 3 is 2.15 bits per heavy atom. The molecule has 27 heavy (non-hydrogen) atoms. The van der Waals surface area contributed by atoms with Gasteiger partial charge in [0.2, 0.25) is 0 Å². The van der Waals surface area contributed by atoms with Crippen molar-refractivity contribution in [1.82, 2.24) is 4.90 Å². The van der Waals surface area contributed by atoms with E-state index >= 15 is 0 Å². The number of carboxylic acid groups (broad SMARTS) is 1. The fourth-order valence-corrected chi connectivity index (χ4v) is 3.51. The average Bonchev–Trinajstić information content (AvgIpc) is 2.72. The summed E-state index contributed by atoms with van der Waals surface area (Å²) in [6.45, 7) is 5.90. The molecular weight excluding hydrogens is 344 g/mol. The van der Waals surface area contributed by atoms with Crippen LogP contribution in [0, 0.1) is 0 Å². The molecular formula is C21H26N2O4. The van der Waals surface area contributed by atoms with Gasteiger partial charge in [0.05, 0.1) is 19.8 Å². The number of piperazine rings is 1. The van der Waals surface area contributed by atoms with Crippen molar-refractivity contribution >= 4 is 11.7 Å². The lowest BCUT2D eigenvalue weighted by Gasteiger charge is -2.39. The lowest BCUT2D eigenvalue weighted by Crippen LogP contribution is -2.47. The summed E-state index contributed by atoms with van der Waals surface area (Å²) in [5.41, 5.74) is 2.59. The summed E-state index contributed by atoms with van der Waals surface area (Å²) in [5, 5.41) is 9.02. The summed E-state index contributed by atoms with van der Waals surface area (Å²) < 4.78 is 10.7. The van der Waals surface area contributed by atoms with Gasteiger partial charge in [-0.3, -0.25) is 4.90 Å². The van der Waals surface area contributed by atoms with E-state index in [2.05, 4.69) is 22.8 Å². The number of methoxy groups -OCH3 is 2. The van der Waals surface area contributed by atoms with Gasteiger partial charge in [0.15, 0.2) is 11.5 Å². The van der Waals surface area contributed by atoms with Crippen LogP contribution in [0.25, 0.3) is 0 Å². The number of carbonyl (C=O) groups is 1. The molecule has 1 atom stereocenters. The molecule has 1 unspecified atom stereocenters.